The molecule has 5 heteroatoms. The molecule has 0 saturated heterocycles. The summed E-state index contributed by atoms with van der Waals surface area (Å²) >= 11 is 1.43. The highest BCUT2D eigenvalue weighted by Crippen LogP contribution is 2.17. The van der Waals surface area contributed by atoms with Gasteiger partial charge in [-0.1, -0.05) is 18.2 Å². The molecule has 1 heterocycles. The van der Waals surface area contributed by atoms with Crippen LogP contribution >= 0.6 is 11.3 Å². The van der Waals surface area contributed by atoms with Crippen LogP contribution in [0.25, 0.3) is 0 Å². The van der Waals surface area contributed by atoms with Crippen molar-refractivity contribution in [2.24, 2.45) is 0 Å². The molecular formula is C13H12FNO2S. The lowest BCUT2D eigenvalue weighted by Gasteiger charge is -1.99. The molecule has 0 aliphatic rings. The van der Waals surface area contributed by atoms with E-state index in [0.717, 1.165) is 10.7 Å². The van der Waals surface area contributed by atoms with Crippen molar-refractivity contribution in [3.8, 4) is 0 Å². The highest BCUT2D eigenvalue weighted by atomic mass is 32.1. The summed E-state index contributed by atoms with van der Waals surface area (Å²) in [7, 11) is 0. The average Bonchev–Trinajstić information content (AvgIpc) is 2.77. The van der Waals surface area contributed by atoms with E-state index in [2.05, 4.69) is 4.98 Å². The topological polar surface area (TPSA) is 50.2 Å². The minimum Gasteiger partial charge on any atom is -0.481 e. The fourth-order valence-corrected chi connectivity index (χ4v) is 2.44. The van der Waals surface area contributed by atoms with Gasteiger partial charge in [0.05, 0.1) is 17.1 Å². The van der Waals surface area contributed by atoms with Crippen molar-refractivity contribution in [2.45, 2.75) is 19.3 Å². The van der Waals surface area contributed by atoms with Gasteiger partial charge in [-0.25, -0.2) is 9.37 Å². The first-order valence-electron chi connectivity index (χ1n) is 5.53. The number of aliphatic carboxylic acids is 1. The molecule has 1 aromatic heterocycles. The van der Waals surface area contributed by atoms with E-state index in [1.165, 1.54) is 17.4 Å². The Bertz CT molecular complexity index is 553. The number of carboxylic acids is 1. The molecule has 2 rings (SSSR count). The molecule has 0 amide bonds. The Morgan fingerprint density at radius 1 is 1.39 bits per heavy atom. The molecule has 0 atom stereocenters. The van der Waals surface area contributed by atoms with E-state index in [1.807, 2.05) is 5.38 Å². The third-order valence-corrected chi connectivity index (χ3v) is 3.39. The van der Waals surface area contributed by atoms with Gasteiger partial charge >= 0.3 is 5.97 Å². The zero-order valence-electron chi connectivity index (χ0n) is 9.60. The van der Waals surface area contributed by atoms with Crippen LogP contribution in [-0.4, -0.2) is 16.1 Å². The van der Waals surface area contributed by atoms with Gasteiger partial charge in [0.1, 0.15) is 5.82 Å². The minimum absolute atomic E-state index is 0.0723. The van der Waals surface area contributed by atoms with Crippen molar-refractivity contribution in [3.05, 3.63) is 51.7 Å². The van der Waals surface area contributed by atoms with Gasteiger partial charge in [-0.15, -0.1) is 11.3 Å². The van der Waals surface area contributed by atoms with Crippen molar-refractivity contribution in [3.63, 3.8) is 0 Å². The lowest BCUT2D eigenvalue weighted by atomic mass is 10.1. The minimum atomic E-state index is -0.835. The molecule has 0 aliphatic heterocycles. The van der Waals surface area contributed by atoms with Crippen LogP contribution in [0.15, 0.2) is 29.6 Å². The van der Waals surface area contributed by atoms with Crippen molar-refractivity contribution < 1.29 is 14.3 Å². The van der Waals surface area contributed by atoms with Gasteiger partial charge in [-0.05, 0) is 11.6 Å². The Balaban J connectivity index is 2.02. The van der Waals surface area contributed by atoms with Crippen LogP contribution < -0.4 is 0 Å². The van der Waals surface area contributed by atoms with E-state index in [-0.39, 0.29) is 12.2 Å². The molecule has 2 aromatic rings. The second-order valence-corrected chi connectivity index (χ2v) is 4.84. The summed E-state index contributed by atoms with van der Waals surface area (Å²) in [4.78, 5) is 14.7. The molecule has 1 aromatic carbocycles. The summed E-state index contributed by atoms with van der Waals surface area (Å²) in [5, 5.41) is 11.2. The first-order valence-corrected chi connectivity index (χ1v) is 6.41. The normalized spacial score (nSPS) is 10.5. The molecule has 0 radical (unpaired) electrons. The summed E-state index contributed by atoms with van der Waals surface area (Å²) in [6.07, 6.45) is 0.941. The number of halogens is 1. The van der Waals surface area contributed by atoms with Gasteiger partial charge < -0.3 is 5.11 Å². The smallest absolute Gasteiger partial charge is 0.303 e. The molecular weight excluding hydrogens is 253 g/mol. The molecule has 0 aliphatic carbocycles. The number of rotatable bonds is 5. The average molecular weight is 265 g/mol. The van der Waals surface area contributed by atoms with Gasteiger partial charge in [0.25, 0.3) is 0 Å². The summed E-state index contributed by atoms with van der Waals surface area (Å²) in [6.45, 7) is 0. The van der Waals surface area contributed by atoms with Crippen LogP contribution in [0.2, 0.25) is 0 Å². The van der Waals surface area contributed by atoms with Crippen molar-refractivity contribution in [1.29, 1.82) is 0 Å². The van der Waals surface area contributed by atoms with Crippen LogP contribution in [0, 0.1) is 5.82 Å². The fourth-order valence-electron chi connectivity index (χ4n) is 1.58. The standard InChI is InChI=1S/C13H12FNO2S/c14-11-4-2-1-3-9(11)7-12-15-10(8-18-12)5-6-13(16)17/h1-4,8H,5-7H2,(H,16,17). The molecule has 0 fully saturated rings. The zero-order valence-corrected chi connectivity index (χ0v) is 10.4. The summed E-state index contributed by atoms with van der Waals surface area (Å²) < 4.78 is 13.4. The Morgan fingerprint density at radius 3 is 2.89 bits per heavy atom. The quantitative estimate of drug-likeness (QED) is 0.904. The molecule has 0 spiro atoms. The van der Waals surface area contributed by atoms with Gasteiger partial charge in [-0.3, -0.25) is 4.79 Å². The lowest BCUT2D eigenvalue weighted by Crippen LogP contribution is -1.98. The van der Waals surface area contributed by atoms with E-state index in [0.29, 0.717) is 18.4 Å². The number of carboxylic acid groups (broad SMARTS) is 1. The van der Waals surface area contributed by atoms with E-state index >= 15 is 0 Å². The molecule has 1 N–H and O–H groups in total. The number of nitrogens with zero attached hydrogens (tertiary/aromatic N) is 1. The SMILES string of the molecule is O=C(O)CCc1csc(Cc2ccccc2F)n1. The predicted octanol–water partition coefficient (Wildman–Crippen LogP) is 2.89. The maximum absolute atomic E-state index is 13.4. The number of aryl methyl sites for hydroxylation is 1. The number of hydrogen-bond acceptors (Lipinski definition) is 3. The molecule has 0 bridgehead atoms. The van der Waals surface area contributed by atoms with E-state index in [1.54, 1.807) is 18.2 Å². The van der Waals surface area contributed by atoms with Crippen molar-refractivity contribution in [2.75, 3.05) is 0 Å². The first kappa shape index (κ1) is 12.7. The first-order chi connectivity index (χ1) is 8.65. The number of benzene rings is 1. The maximum Gasteiger partial charge on any atom is 0.303 e. The highest BCUT2D eigenvalue weighted by molar-refractivity contribution is 7.09. The molecule has 0 saturated carbocycles. The van der Waals surface area contributed by atoms with Gasteiger partial charge in [0.15, 0.2) is 0 Å². The third kappa shape index (κ3) is 3.37. The monoisotopic (exact) mass is 265 g/mol. The van der Waals surface area contributed by atoms with Crippen molar-refractivity contribution >= 4 is 17.3 Å². The van der Waals surface area contributed by atoms with Crippen LogP contribution in [0.3, 0.4) is 0 Å². The Kier molecular flexibility index (Phi) is 4.04. The number of aromatic nitrogens is 1. The van der Waals surface area contributed by atoms with Crippen molar-refractivity contribution in [1.82, 2.24) is 4.98 Å². The van der Waals surface area contributed by atoms with Gasteiger partial charge in [0.2, 0.25) is 0 Å². The number of thiazole rings is 1. The Hall–Kier alpha value is -1.75. The largest absolute Gasteiger partial charge is 0.481 e. The summed E-state index contributed by atoms with van der Waals surface area (Å²) in [6, 6.07) is 6.60. The van der Waals surface area contributed by atoms with E-state index in [9.17, 15) is 9.18 Å². The Morgan fingerprint density at radius 2 is 2.17 bits per heavy atom. The third-order valence-electron chi connectivity index (χ3n) is 2.49. The van der Waals surface area contributed by atoms with E-state index < -0.39 is 5.97 Å². The summed E-state index contributed by atoms with van der Waals surface area (Å²) in [5.74, 6) is -1.07. The van der Waals surface area contributed by atoms with Crippen LogP contribution in [0.4, 0.5) is 4.39 Å². The van der Waals surface area contributed by atoms with Crippen LogP contribution in [0.1, 0.15) is 22.7 Å². The molecule has 3 nitrogen and oxygen atoms in total. The van der Waals surface area contributed by atoms with Crippen LogP contribution in [-0.2, 0) is 17.6 Å². The number of hydrogen-bond donors (Lipinski definition) is 1. The lowest BCUT2D eigenvalue weighted by molar-refractivity contribution is -0.136. The predicted molar refractivity (Wildman–Crippen MR) is 67.3 cm³/mol. The fraction of sp³-hybridized carbons (Fsp3) is 0.231. The second kappa shape index (κ2) is 5.73. The highest BCUT2D eigenvalue weighted by Gasteiger charge is 2.07. The van der Waals surface area contributed by atoms with E-state index in [4.69, 9.17) is 5.11 Å². The van der Waals surface area contributed by atoms with Gasteiger partial charge in [0, 0.05) is 18.2 Å². The second-order valence-electron chi connectivity index (χ2n) is 3.89. The Labute approximate surface area is 108 Å². The molecule has 18 heavy (non-hydrogen) atoms. The molecule has 94 valence electrons. The zero-order chi connectivity index (χ0) is 13.0. The van der Waals surface area contributed by atoms with Gasteiger partial charge in [-0.2, -0.15) is 0 Å². The van der Waals surface area contributed by atoms with Crippen LogP contribution in [0.5, 0.6) is 0 Å². The number of carbonyl (C=O) groups is 1. The maximum atomic E-state index is 13.4. The summed E-state index contributed by atoms with van der Waals surface area (Å²) in [5.41, 5.74) is 1.37. The molecule has 0 unspecified atom stereocenters.